The van der Waals surface area contributed by atoms with E-state index in [0.29, 0.717) is 24.5 Å². The lowest BCUT2D eigenvalue weighted by Gasteiger charge is -2.24. The number of likely N-dealkylation sites (tertiary alicyclic amines) is 1. The lowest BCUT2D eigenvalue weighted by molar-refractivity contribution is -0.918. The van der Waals surface area contributed by atoms with Gasteiger partial charge < -0.3 is 19.5 Å². The molecule has 2 N–H and O–H groups in total. The van der Waals surface area contributed by atoms with Crippen molar-refractivity contribution >= 4 is 6.21 Å². The van der Waals surface area contributed by atoms with Crippen LogP contribution in [0.3, 0.4) is 0 Å². The average Bonchev–Trinajstić information content (AvgIpc) is 3.22. The predicted molar refractivity (Wildman–Crippen MR) is 107 cm³/mol. The molecule has 1 saturated heterocycles. The first-order valence-corrected chi connectivity index (χ1v) is 9.66. The number of para-hydroxylation sites is 1. The Kier molecular flexibility index (Phi) is 6.71. The second-order valence-electron chi connectivity index (χ2n) is 6.82. The predicted octanol–water partition coefficient (Wildman–Crippen LogP) is 2.64. The summed E-state index contributed by atoms with van der Waals surface area (Å²) in [4.78, 5) is 6.24. The number of phenols is 1. The molecule has 0 aromatic heterocycles. The van der Waals surface area contributed by atoms with Crippen molar-refractivity contribution in [2.24, 2.45) is 4.99 Å². The van der Waals surface area contributed by atoms with Crippen molar-refractivity contribution in [3.63, 3.8) is 0 Å². The van der Waals surface area contributed by atoms with E-state index in [1.54, 1.807) is 24.3 Å². The van der Waals surface area contributed by atoms with Gasteiger partial charge in [-0.3, -0.25) is 4.99 Å². The summed E-state index contributed by atoms with van der Waals surface area (Å²) < 4.78 is 10.8. The highest BCUT2D eigenvalue weighted by molar-refractivity contribution is 5.84. The van der Waals surface area contributed by atoms with Gasteiger partial charge in [0.05, 0.1) is 33.4 Å². The number of nitrogens with zero attached hydrogens (tertiary/aromatic N) is 1. The molecule has 144 valence electrons. The molecule has 3 rings (SSSR count). The van der Waals surface area contributed by atoms with Gasteiger partial charge in [-0.25, -0.2) is 0 Å². The van der Waals surface area contributed by atoms with Gasteiger partial charge in [-0.2, -0.15) is 0 Å². The van der Waals surface area contributed by atoms with Gasteiger partial charge in [0.1, 0.15) is 11.8 Å². The van der Waals surface area contributed by atoms with Crippen molar-refractivity contribution in [3.05, 3.63) is 53.6 Å². The number of nitrogens with one attached hydrogen (secondary N) is 1. The van der Waals surface area contributed by atoms with Gasteiger partial charge in [0.15, 0.2) is 11.5 Å². The number of aliphatic imine (C=N–C) groups is 1. The monoisotopic (exact) mass is 369 g/mol. The van der Waals surface area contributed by atoms with Crippen LogP contribution in [0.25, 0.3) is 0 Å². The molecule has 2 aromatic carbocycles. The molecule has 5 heteroatoms. The Balaban J connectivity index is 1.78. The van der Waals surface area contributed by atoms with Gasteiger partial charge in [0, 0.05) is 30.2 Å². The highest BCUT2D eigenvalue weighted by Crippen LogP contribution is 2.28. The van der Waals surface area contributed by atoms with Crippen molar-refractivity contribution in [1.29, 1.82) is 0 Å². The maximum absolute atomic E-state index is 10.3. The van der Waals surface area contributed by atoms with Gasteiger partial charge in [-0.05, 0) is 31.2 Å². The van der Waals surface area contributed by atoms with Crippen molar-refractivity contribution in [1.82, 2.24) is 0 Å². The largest absolute Gasteiger partial charge is 0.504 e. The Morgan fingerprint density at radius 3 is 2.70 bits per heavy atom. The SMILES string of the molecule is CCOc1cccc(C=NC[C@@H](c2cccc(OC)c2)[NH+]2CCCC2)c1O. The Hall–Kier alpha value is -2.53. The number of hydrogen-bond acceptors (Lipinski definition) is 4. The molecule has 1 atom stereocenters. The Labute approximate surface area is 161 Å². The number of methoxy groups -OCH3 is 1. The third kappa shape index (κ3) is 4.80. The molecular formula is C22H29N2O3+. The smallest absolute Gasteiger partial charge is 0.166 e. The van der Waals surface area contributed by atoms with E-state index < -0.39 is 0 Å². The van der Waals surface area contributed by atoms with E-state index in [0.717, 1.165) is 5.75 Å². The molecule has 0 radical (unpaired) electrons. The fourth-order valence-electron chi connectivity index (χ4n) is 3.68. The van der Waals surface area contributed by atoms with E-state index in [1.807, 2.05) is 31.2 Å². The average molecular weight is 369 g/mol. The first kappa shape index (κ1) is 19.2. The summed E-state index contributed by atoms with van der Waals surface area (Å²) in [5.74, 6) is 1.52. The minimum atomic E-state index is 0.148. The number of benzene rings is 2. The van der Waals surface area contributed by atoms with E-state index in [-0.39, 0.29) is 11.8 Å². The summed E-state index contributed by atoms with van der Waals surface area (Å²) in [7, 11) is 1.70. The lowest BCUT2D eigenvalue weighted by Crippen LogP contribution is -3.10. The molecule has 2 aromatic rings. The zero-order valence-corrected chi connectivity index (χ0v) is 16.1. The Morgan fingerprint density at radius 2 is 1.96 bits per heavy atom. The quantitative estimate of drug-likeness (QED) is 0.704. The van der Waals surface area contributed by atoms with Crippen LogP contribution in [0.2, 0.25) is 0 Å². The highest BCUT2D eigenvalue weighted by atomic mass is 16.5. The van der Waals surface area contributed by atoms with Crippen LogP contribution in [0.15, 0.2) is 47.5 Å². The topological polar surface area (TPSA) is 55.5 Å². The van der Waals surface area contributed by atoms with Crippen LogP contribution in [0.4, 0.5) is 0 Å². The van der Waals surface area contributed by atoms with E-state index in [1.165, 1.54) is 31.5 Å². The lowest BCUT2D eigenvalue weighted by atomic mass is 10.1. The standard InChI is InChI=1S/C22H28N2O3/c1-3-27-21-11-7-9-18(22(21)25)15-23-16-20(24-12-4-5-13-24)17-8-6-10-19(14-17)26-2/h6-11,14-15,20,25H,3-5,12-13,16H2,1-2H3/p+1/t20-/m0/s1. The van der Waals surface area contributed by atoms with Crippen LogP contribution in [-0.4, -0.2) is 44.7 Å². The molecule has 0 bridgehead atoms. The molecule has 0 saturated carbocycles. The number of ether oxygens (including phenoxy) is 2. The summed E-state index contributed by atoms with van der Waals surface area (Å²) >= 11 is 0. The number of quaternary nitrogens is 1. The van der Waals surface area contributed by atoms with Crippen molar-refractivity contribution in [2.75, 3.05) is 33.4 Å². The summed E-state index contributed by atoms with van der Waals surface area (Å²) in [5.41, 5.74) is 1.93. The molecule has 0 amide bonds. The Bertz CT molecular complexity index is 770. The molecule has 1 aliphatic rings. The van der Waals surface area contributed by atoms with Gasteiger partial charge in [-0.1, -0.05) is 18.2 Å². The van der Waals surface area contributed by atoms with Gasteiger partial charge in [0.2, 0.25) is 0 Å². The minimum Gasteiger partial charge on any atom is -0.504 e. The first-order valence-electron chi connectivity index (χ1n) is 9.66. The molecule has 0 aliphatic carbocycles. The normalized spacial score (nSPS) is 15.9. The summed E-state index contributed by atoms with van der Waals surface area (Å²) in [6.07, 6.45) is 4.27. The molecule has 0 unspecified atom stereocenters. The third-order valence-electron chi connectivity index (χ3n) is 5.08. The summed E-state index contributed by atoms with van der Waals surface area (Å²) in [6, 6.07) is 14.1. The molecule has 27 heavy (non-hydrogen) atoms. The third-order valence-corrected chi connectivity index (χ3v) is 5.08. The fourth-order valence-corrected chi connectivity index (χ4v) is 3.68. The van der Waals surface area contributed by atoms with Gasteiger partial charge in [-0.15, -0.1) is 0 Å². The maximum Gasteiger partial charge on any atom is 0.166 e. The van der Waals surface area contributed by atoms with E-state index in [2.05, 4.69) is 17.1 Å². The van der Waals surface area contributed by atoms with Crippen molar-refractivity contribution in [3.8, 4) is 17.2 Å². The molecular weight excluding hydrogens is 340 g/mol. The van der Waals surface area contributed by atoms with Crippen LogP contribution < -0.4 is 14.4 Å². The first-order chi connectivity index (χ1) is 13.2. The van der Waals surface area contributed by atoms with Crippen LogP contribution in [0.5, 0.6) is 17.2 Å². The number of rotatable bonds is 8. The summed E-state index contributed by atoms with van der Waals surface area (Å²) in [5, 5.41) is 10.3. The van der Waals surface area contributed by atoms with E-state index in [4.69, 9.17) is 9.47 Å². The van der Waals surface area contributed by atoms with Crippen LogP contribution >= 0.6 is 0 Å². The van der Waals surface area contributed by atoms with E-state index in [9.17, 15) is 5.11 Å². The van der Waals surface area contributed by atoms with Crippen molar-refractivity contribution in [2.45, 2.75) is 25.8 Å². The van der Waals surface area contributed by atoms with Crippen molar-refractivity contribution < 1.29 is 19.5 Å². The number of hydrogen-bond donors (Lipinski definition) is 2. The maximum atomic E-state index is 10.3. The van der Waals surface area contributed by atoms with Crippen LogP contribution in [-0.2, 0) is 0 Å². The van der Waals surface area contributed by atoms with Gasteiger partial charge in [0.25, 0.3) is 0 Å². The Morgan fingerprint density at radius 1 is 1.19 bits per heavy atom. The van der Waals surface area contributed by atoms with E-state index >= 15 is 0 Å². The molecule has 1 fully saturated rings. The van der Waals surface area contributed by atoms with Gasteiger partial charge >= 0.3 is 0 Å². The minimum absolute atomic E-state index is 0.148. The molecule has 1 heterocycles. The molecule has 0 spiro atoms. The zero-order chi connectivity index (χ0) is 19.1. The van der Waals surface area contributed by atoms with Crippen LogP contribution in [0, 0.1) is 0 Å². The summed E-state index contributed by atoms with van der Waals surface area (Å²) in [6.45, 7) is 5.42. The number of aromatic hydroxyl groups is 1. The second kappa shape index (κ2) is 9.42. The molecule has 5 nitrogen and oxygen atoms in total. The number of phenolic OH excluding ortho intramolecular Hbond substituents is 1. The zero-order valence-electron chi connectivity index (χ0n) is 16.1. The van der Waals surface area contributed by atoms with Crippen LogP contribution in [0.1, 0.15) is 36.9 Å². The fraction of sp³-hybridized carbons (Fsp3) is 0.409. The second-order valence-corrected chi connectivity index (χ2v) is 6.82. The molecule has 1 aliphatic heterocycles. The highest BCUT2D eigenvalue weighted by Gasteiger charge is 2.27.